The summed E-state index contributed by atoms with van der Waals surface area (Å²) in [6.45, 7) is 1.43. The number of hydrogen-bond acceptors (Lipinski definition) is 4. The number of carbonyl (C=O) groups is 1. The topological polar surface area (TPSA) is 55.2 Å². The average Bonchev–Trinajstić information content (AvgIpc) is 3.38. The molecule has 1 saturated heterocycles. The average molecular weight is 478 g/mol. The third-order valence-corrected chi connectivity index (χ3v) is 6.85. The molecule has 172 valence electrons. The second-order valence-electron chi connectivity index (χ2n) is 8.13. The van der Waals surface area contributed by atoms with Gasteiger partial charge in [0.1, 0.15) is 11.6 Å². The fourth-order valence-corrected chi connectivity index (χ4v) is 5.10. The van der Waals surface area contributed by atoms with E-state index < -0.39 is 5.82 Å². The van der Waals surface area contributed by atoms with Crippen LogP contribution in [0.5, 0.6) is 0 Å². The van der Waals surface area contributed by atoms with E-state index in [4.69, 9.17) is 0 Å². The van der Waals surface area contributed by atoms with Crippen molar-refractivity contribution in [3.8, 4) is 5.69 Å². The summed E-state index contributed by atoms with van der Waals surface area (Å²) in [6.07, 6.45) is 1.96. The molecule has 0 unspecified atom stereocenters. The van der Waals surface area contributed by atoms with E-state index in [0.717, 1.165) is 25.9 Å². The normalized spacial score (nSPS) is 13.5. The molecule has 1 amide bonds. The molecular weight excluding hydrogens is 456 g/mol. The van der Waals surface area contributed by atoms with Crippen LogP contribution < -0.4 is 5.56 Å². The van der Waals surface area contributed by atoms with E-state index in [1.165, 1.54) is 40.6 Å². The first kappa shape index (κ1) is 22.3. The highest BCUT2D eigenvalue weighted by Gasteiger charge is 2.21. The number of carbonyl (C=O) groups excluding carboxylic acids is 1. The van der Waals surface area contributed by atoms with Gasteiger partial charge in [-0.2, -0.15) is 0 Å². The predicted molar refractivity (Wildman–Crippen MR) is 128 cm³/mol. The fourth-order valence-electron chi connectivity index (χ4n) is 4.10. The van der Waals surface area contributed by atoms with Gasteiger partial charge >= 0.3 is 0 Å². The second kappa shape index (κ2) is 9.38. The van der Waals surface area contributed by atoms with Crippen LogP contribution in [0.2, 0.25) is 0 Å². The fraction of sp³-hybridized carbons (Fsp3) is 0.192. The SMILES string of the molecule is O=C(c1ccc2c(=O)n(-c3cccc(F)c3)c(SCc3ccccc3F)nc2c1)N1CCCC1. The van der Waals surface area contributed by atoms with Crippen LogP contribution in [0.25, 0.3) is 16.6 Å². The summed E-state index contributed by atoms with van der Waals surface area (Å²) < 4.78 is 29.5. The van der Waals surface area contributed by atoms with E-state index in [-0.39, 0.29) is 28.2 Å². The number of fused-ring (bicyclic) bond motifs is 1. The number of hydrogen-bond donors (Lipinski definition) is 0. The van der Waals surface area contributed by atoms with Crippen LogP contribution in [0.3, 0.4) is 0 Å². The molecule has 34 heavy (non-hydrogen) atoms. The first-order chi connectivity index (χ1) is 16.5. The van der Waals surface area contributed by atoms with Crippen molar-refractivity contribution in [2.75, 3.05) is 13.1 Å². The van der Waals surface area contributed by atoms with Crippen LogP contribution in [0, 0.1) is 11.6 Å². The lowest BCUT2D eigenvalue weighted by molar-refractivity contribution is 0.0793. The molecule has 4 aromatic rings. The van der Waals surface area contributed by atoms with E-state index in [1.54, 1.807) is 47.4 Å². The molecule has 0 aliphatic carbocycles. The van der Waals surface area contributed by atoms with Crippen molar-refractivity contribution in [2.24, 2.45) is 0 Å². The second-order valence-corrected chi connectivity index (χ2v) is 9.07. The van der Waals surface area contributed by atoms with Crippen molar-refractivity contribution in [1.29, 1.82) is 0 Å². The molecule has 0 spiro atoms. The molecule has 0 radical (unpaired) electrons. The summed E-state index contributed by atoms with van der Waals surface area (Å²) in [4.78, 5) is 32.8. The van der Waals surface area contributed by atoms with E-state index in [9.17, 15) is 18.4 Å². The monoisotopic (exact) mass is 477 g/mol. The first-order valence-corrected chi connectivity index (χ1v) is 12.0. The Morgan fingerprint density at radius 2 is 1.76 bits per heavy atom. The first-order valence-electron chi connectivity index (χ1n) is 11.0. The van der Waals surface area contributed by atoms with Gasteiger partial charge in [-0.3, -0.25) is 14.2 Å². The summed E-state index contributed by atoms with van der Waals surface area (Å²) in [6, 6.07) is 16.9. The van der Waals surface area contributed by atoms with Gasteiger partial charge in [-0.05, 0) is 60.9 Å². The Labute approximate surface area is 199 Å². The van der Waals surface area contributed by atoms with Gasteiger partial charge in [0.15, 0.2) is 5.16 Å². The minimum atomic E-state index is -0.485. The molecular formula is C26H21F2N3O2S. The van der Waals surface area contributed by atoms with Crippen LogP contribution >= 0.6 is 11.8 Å². The van der Waals surface area contributed by atoms with Crippen molar-refractivity contribution in [3.05, 3.63) is 99.8 Å². The summed E-state index contributed by atoms with van der Waals surface area (Å²) in [7, 11) is 0. The lowest BCUT2D eigenvalue weighted by atomic mass is 10.1. The van der Waals surface area contributed by atoms with Gasteiger partial charge in [0.05, 0.1) is 16.6 Å². The van der Waals surface area contributed by atoms with E-state index in [2.05, 4.69) is 4.98 Å². The molecule has 5 rings (SSSR count). The third kappa shape index (κ3) is 4.33. The maximum atomic E-state index is 14.2. The Morgan fingerprint density at radius 3 is 2.53 bits per heavy atom. The Hall–Kier alpha value is -3.52. The largest absolute Gasteiger partial charge is 0.339 e. The number of benzene rings is 3. The van der Waals surface area contributed by atoms with E-state index >= 15 is 0 Å². The molecule has 0 bridgehead atoms. The molecule has 1 fully saturated rings. The Morgan fingerprint density at radius 1 is 0.971 bits per heavy atom. The van der Waals surface area contributed by atoms with Crippen molar-refractivity contribution >= 4 is 28.6 Å². The van der Waals surface area contributed by atoms with E-state index in [1.807, 2.05) is 0 Å². The number of aromatic nitrogens is 2. The standard InChI is InChI=1S/C26H21F2N3O2S/c27-19-7-5-8-20(15-19)31-25(33)21-11-10-17(24(32)30-12-3-4-13-30)14-23(21)29-26(31)34-16-18-6-1-2-9-22(18)28/h1-2,5-11,14-15H,3-4,12-13,16H2. The molecule has 1 aromatic heterocycles. The highest BCUT2D eigenvalue weighted by atomic mass is 32.2. The quantitative estimate of drug-likeness (QED) is 0.293. The summed E-state index contributed by atoms with van der Waals surface area (Å²) in [5.41, 5.74) is 1.25. The highest BCUT2D eigenvalue weighted by molar-refractivity contribution is 7.98. The van der Waals surface area contributed by atoms with Crippen molar-refractivity contribution in [3.63, 3.8) is 0 Å². The highest BCUT2D eigenvalue weighted by Crippen LogP contribution is 2.26. The van der Waals surface area contributed by atoms with Crippen LogP contribution in [0.4, 0.5) is 8.78 Å². The third-order valence-electron chi connectivity index (χ3n) is 5.86. The maximum absolute atomic E-state index is 14.2. The van der Waals surface area contributed by atoms with Gasteiger partial charge < -0.3 is 4.90 Å². The zero-order valence-electron chi connectivity index (χ0n) is 18.2. The molecule has 1 aliphatic heterocycles. The molecule has 3 aromatic carbocycles. The molecule has 2 heterocycles. The Bertz CT molecular complexity index is 1450. The molecule has 1 aliphatic rings. The van der Waals surface area contributed by atoms with Gasteiger partial charge in [0.25, 0.3) is 11.5 Å². The number of amides is 1. The van der Waals surface area contributed by atoms with Crippen molar-refractivity contribution in [1.82, 2.24) is 14.5 Å². The number of halogens is 2. The van der Waals surface area contributed by atoms with Crippen molar-refractivity contribution < 1.29 is 13.6 Å². The molecule has 5 nitrogen and oxygen atoms in total. The van der Waals surface area contributed by atoms with Gasteiger partial charge in [0, 0.05) is 24.4 Å². The van der Waals surface area contributed by atoms with Crippen LogP contribution in [-0.4, -0.2) is 33.4 Å². The smallest absolute Gasteiger partial charge is 0.266 e. The van der Waals surface area contributed by atoms with Crippen LogP contribution in [-0.2, 0) is 5.75 Å². The van der Waals surface area contributed by atoms with E-state index in [0.29, 0.717) is 27.7 Å². The number of nitrogens with zero attached hydrogens (tertiary/aromatic N) is 3. The summed E-state index contributed by atoms with van der Waals surface area (Å²) in [5, 5.41) is 0.606. The molecule has 0 N–H and O–H groups in total. The number of thioether (sulfide) groups is 1. The summed E-state index contributed by atoms with van der Waals surface area (Å²) in [5.74, 6) is -0.696. The van der Waals surface area contributed by atoms with Gasteiger partial charge in [0.2, 0.25) is 0 Å². The maximum Gasteiger partial charge on any atom is 0.266 e. The Balaban J connectivity index is 1.62. The lowest BCUT2D eigenvalue weighted by Crippen LogP contribution is -2.28. The predicted octanol–water partition coefficient (Wildman–Crippen LogP) is 5.19. The van der Waals surface area contributed by atoms with Crippen LogP contribution in [0.1, 0.15) is 28.8 Å². The number of rotatable bonds is 5. The zero-order valence-corrected chi connectivity index (χ0v) is 19.0. The van der Waals surface area contributed by atoms with Gasteiger partial charge in [-0.1, -0.05) is 36.0 Å². The minimum absolute atomic E-state index is 0.0870. The van der Waals surface area contributed by atoms with Gasteiger partial charge in [-0.15, -0.1) is 0 Å². The zero-order chi connectivity index (χ0) is 23.7. The van der Waals surface area contributed by atoms with Crippen LogP contribution in [0.15, 0.2) is 76.7 Å². The number of likely N-dealkylation sites (tertiary alicyclic amines) is 1. The molecule has 0 atom stereocenters. The van der Waals surface area contributed by atoms with Crippen molar-refractivity contribution in [2.45, 2.75) is 23.8 Å². The molecule has 0 saturated carbocycles. The summed E-state index contributed by atoms with van der Waals surface area (Å²) >= 11 is 1.18. The lowest BCUT2D eigenvalue weighted by Gasteiger charge is -2.16. The van der Waals surface area contributed by atoms with Gasteiger partial charge in [-0.25, -0.2) is 13.8 Å². The minimum Gasteiger partial charge on any atom is -0.339 e. The Kier molecular flexibility index (Phi) is 6.15. The molecule has 8 heteroatoms.